The van der Waals surface area contributed by atoms with Crippen molar-refractivity contribution in [3.8, 4) is 11.3 Å². The second-order valence-corrected chi connectivity index (χ2v) is 7.08. The first kappa shape index (κ1) is 18.2. The van der Waals surface area contributed by atoms with E-state index in [1.807, 2.05) is 38.4 Å². The van der Waals surface area contributed by atoms with Crippen molar-refractivity contribution >= 4 is 22.8 Å². The summed E-state index contributed by atoms with van der Waals surface area (Å²) in [4.78, 5) is 11.7. The lowest BCUT2D eigenvalue weighted by molar-refractivity contribution is 0.734. The Morgan fingerprint density at radius 3 is 2.43 bits per heavy atom. The Bertz CT molecular complexity index is 962. The van der Waals surface area contributed by atoms with Gasteiger partial charge in [-0.3, -0.25) is 0 Å². The van der Waals surface area contributed by atoms with E-state index in [1.54, 1.807) is 0 Å². The van der Waals surface area contributed by atoms with Gasteiger partial charge in [0.25, 0.3) is 0 Å². The molecule has 0 bridgehead atoms. The van der Waals surface area contributed by atoms with Crippen LogP contribution in [0.3, 0.4) is 0 Å². The van der Waals surface area contributed by atoms with E-state index in [9.17, 15) is 0 Å². The molecule has 1 aromatic heterocycles. The van der Waals surface area contributed by atoms with Crippen LogP contribution >= 0.6 is 0 Å². The van der Waals surface area contributed by atoms with Gasteiger partial charge in [-0.2, -0.15) is 0 Å². The number of hydrogen-bond donors (Lipinski definition) is 2. The van der Waals surface area contributed by atoms with Crippen LogP contribution in [0, 0.1) is 0 Å². The predicted octanol–water partition coefficient (Wildman–Crippen LogP) is 4.33. The van der Waals surface area contributed by atoms with Crippen molar-refractivity contribution in [1.29, 1.82) is 0 Å². The van der Waals surface area contributed by atoms with Gasteiger partial charge >= 0.3 is 0 Å². The van der Waals surface area contributed by atoms with E-state index < -0.39 is 0 Å². The lowest BCUT2D eigenvalue weighted by Crippen LogP contribution is -2.20. The largest absolute Gasteiger partial charge is 0.378 e. The van der Waals surface area contributed by atoms with Crippen molar-refractivity contribution in [3.63, 3.8) is 0 Å². The van der Waals surface area contributed by atoms with Gasteiger partial charge in [0, 0.05) is 43.6 Å². The second kappa shape index (κ2) is 8.23. The zero-order valence-corrected chi connectivity index (χ0v) is 16.3. The summed E-state index contributed by atoms with van der Waals surface area (Å²) < 4.78 is 0. The summed E-state index contributed by atoms with van der Waals surface area (Å²) in [5, 5.41) is 6.80. The second-order valence-electron chi connectivity index (χ2n) is 7.08. The van der Waals surface area contributed by atoms with Crippen LogP contribution in [0.1, 0.15) is 12.2 Å². The highest BCUT2D eigenvalue weighted by Gasteiger charge is 2.13. The Hall–Kier alpha value is -3.18. The highest BCUT2D eigenvalue weighted by molar-refractivity contribution is 5.71. The first-order chi connectivity index (χ1) is 13.7. The topological polar surface area (TPSA) is 53.1 Å². The maximum Gasteiger partial charge on any atom is 0.157 e. The summed E-state index contributed by atoms with van der Waals surface area (Å²) in [7, 11) is 4.08. The molecular formula is C23H25N5. The predicted molar refractivity (Wildman–Crippen MR) is 117 cm³/mol. The molecule has 0 spiro atoms. The van der Waals surface area contributed by atoms with E-state index in [1.165, 1.54) is 11.3 Å². The van der Waals surface area contributed by atoms with E-state index in [2.05, 4.69) is 58.0 Å². The summed E-state index contributed by atoms with van der Waals surface area (Å²) in [6, 6.07) is 20.6. The highest BCUT2D eigenvalue weighted by atomic mass is 15.1. The van der Waals surface area contributed by atoms with E-state index in [0.29, 0.717) is 0 Å². The van der Waals surface area contributed by atoms with E-state index in [0.717, 1.165) is 48.1 Å². The van der Waals surface area contributed by atoms with Crippen molar-refractivity contribution < 1.29 is 0 Å². The molecule has 4 rings (SSSR count). The lowest BCUT2D eigenvalue weighted by atomic mass is 10.1. The fourth-order valence-electron chi connectivity index (χ4n) is 3.23. The van der Waals surface area contributed by atoms with E-state index >= 15 is 0 Å². The molecule has 0 atom stereocenters. The van der Waals surface area contributed by atoms with Gasteiger partial charge in [-0.15, -0.1) is 0 Å². The Morgan fingerprint density at radius 2 is 1.75 bits per heavy atom. The van der Waals surface area contributed by atoms with Crippen LogP contribution in [-0.2, 0) is 0 Å². The number of benzene rings is 2. The Kier molecular flexibility index (Phi) is 5.35. The van der Waals surface area contributed by atoms with Gasteiger partial charge in [0.2, 0.25) is 0 Å². The Balaban J connectivity index is 1.70. The molecule has 0 aliphatic carbocycles. The van der Waals surface area contributed by atoms with Crippen LogP contribution in [0.4, 0.5) is 17.2 Å². The van der Waals surface area contributed by atoms with Gasteiger partial charge in [-0.25, -0.2) is 9.97 Å². The minimum atomic E-state index is 0.801. The zero-order valence-electron chi connectivity index (χ0n) is 16.3. The number of hydrogen-bond acceptors (Lipinski definition) is 5. The number of aromatic nitrogens is 2. The average molecular weight is 371 g/mol. The number of nitrogens with zero attached hydrogens (tertiary/aromatic N) is 3. The van der Waals surface area contributed by atoms with Crippen molar-refractivity contribution in [2.45, 2.75) is 6.42 Å². The smallest absolute Gasteiger partial charge is 0.157 e. The molecule has 5 nitrogen and oxygen atoms in total. The van der Waals surface area contributed by atoms with Crippen molar-refractivity contribution in [3.05, 3.63) is 72.6 Å². The fraction of sp³-hybridized carbons (Fsp3) is 0.217. The minimum Gasteiger partial charge on any atom is -0.378 e. The molecule has 5 heteroatoms. The van der Waals surface area contributed by atoms with Crippen LogP contribution in [-0.4, -0.2) is 37.2 Å². The SMILES string of the molecule is CN(C)c1ccc(Nc2cc(-c3ccccc3)nc(C3=CCNCC3)n2)cc1. The molecule has 0 unspecified atom stereocenters. The van der Waals surface area contributed by atoms with Crippen LogP contribution in [0.5, 0.6) is 0 Å². The van der Waals surface area contributed by atoms with Crippen molar-refractivity contribution in [2.75, 3.05) is 37.4 Å². The van der Waals surface area contributed by atoms with E-state index in [4.69, 9.17) is 9.97 Å². The molecule has 1 aliphatic rings. The van der Waals surface area contributed by atoms with Gasteiger partial charge in [-0.05, 0) is 42.8 Å². The summed E-state index contributed by atoms with van der Waals surface area (Å²) in [5.41, 5.74) is 5.39. The first-order valence-corrected chi connectivity index (χ1v) is 9.58. The third kappa shape index (κ3) is 4.21. The third-order valence-electron chi connectivity index (χ3n) is 4.80. The standard InChI is InChI=1S/C23H25N5/c1-28(2)20-10-8-19(9-11-20)25-22-16-21(17-6-4-3-5-7-17)26-23(27-22)18-12-14-24-15-13-18/h3-12,16,24H,13-15H2,1-2H3,(H,25,26,27). The molecule has 0 amide bonds. The maximum atomic E-state index is 4.85. The Morgan fingerprint density at radius 1 is 0.964 bits per heavy atom. The monoisotopic (exact) mass is 371 g/mol. The summed E-state index contributed by atoms with van der Waals surface area (Å²) in [6.07, 6.45) is 3.12. The number of rotatable bonds is 5. The molecule has 0 fully saturated rings. The summed E-state index contributed by atoms with van der Waals surface area (Å²) in [6.45, 7) is 1.82. The lowest BCUT2D eigenvalue weighted by Gasteiger charge is -2.16. The molecule has 28 heavy (non-hydrogen) atoms. The van der Waals surface area contributed by atoms with Crippen LogP contribution in [0.2, 0.25) is 0 Å². The molecule has 0 saturated carbocycles. The molecule has 1 aliphatic heterocycles. The van der Waals surface area contributed by atoms with E-state index in [-0.39, 0.29) is 0 Å². The first-order valence-electron chi connectivity index (χ1n) is 9.58. The van der Waals surface area contributed by atoms with Gasteiger partial charge in [0.15, 0.2) is 5.82 Å². The highest BCUT2D eigenvalue weighted by Crippen LogP contribution is 2.26. The molecular weight excluding hydrogens is 346 g/mol. The molecule has 2 heterocycles. The molecule has 0 radical (unpaired) electrons. The summed E-state index contributed by atoms with van der Waals surface area (Å²) >= 11 is 0. The number of anilines is 3. The fourth-order valence-corrected chi connectivity index (χ4v) is 3.23. The normalized spacial score (nSPS) is 13.7. The summed E-state index contributed by atoms with van der Waals surface area (Å²) in [5.74, 6) is 1.61. The third-order valence-corrected chi connectivity index (χ3v) is 4.80. The minimum absolute atomic E-state index is 0.801. The molecule has 3 aromatic rings. The van der Waals surface area contributed by atoms with Crippen LogP contribution in [0.25, 0.3) is 16.8 Å². The average Bonchev–Trinajstić information content (AvgIpc) is 2.75. The Labute approximate surface area is 166 Å². The number of nitrogens with one attached hydrogen (secondary N) is 2. The van der Waals surface area contributed by atoms with Gasteiger partial charge in [0.05, 0.1) is 5.69 Å². The molecule has 0 saturated heterocycles. The zero-order chi connectivity index (χ0) is 19.3. The maximum absolute atomic E-state index is 4.85. The van der Waals surface area contributed by atoms with Crippen LogP contribution < -0.4 is 15.5 Å². The van der Waals surface area contributed by atoms with Crippen molar-refractivity contribution in [1.82, 2.24) is 15.3 Å². The van der Waals surface area contributed by atoms with Gasteiger partial charge in [-0.1, -0.05) is 36.4 Å². The van der Waals surface area contributed by atoms with Gasteiger partial charge in [0.1, 0.15) is 5.82 Å². The molecule has 2 N–H and O–H groups in total. The van der Waals surface area contributed by atoms with Gasteiger partial charge < -0.3 is 15.5 Å². The quantitative estimate of drug-likeness (QED) is 0.699. The molecule has 2 aromatic carbocycles. The molecule has 142 valence electrons. The van der Waals surface area contributed by atoms with Crippen LogP contribution in [0.15, 0.2) is 66.7 Å². The van der Waals surface area contributed by atoms with Crippen molar-refractivity contribution in [2.24, 2.45) is 0 Å².